The molecule has 1 heterocycles. The molecular formula is C25H34IN5O2. The van der Waals surface area contributed by atoms with Crippen LogP contribution < -0.4 is 20.9 Å². The Hall–Kier alpha value is -2.62. The number of nitrogens with zero attached hydrogens (tertiary/aromatic N) is 2. The Morgan fingerprint density at radius 3 is 2.27 bits per heavy atom. The zero-order valence-corrected chi connectivity index (χ0v) is 22.1. The van der Waals surface area contributed by atoms with Gasteiger partial charge in [0.2, 0.25) is 5.91 Å². The molecule has 2 aromatic carbocycles. The number of nitrogens with one attached hydrogen (secondary N) is 3. The zero-order valence-electron chi connectivity index (χ0n) is 19.8. The fraction of sp³-hybridized carbons (Fsp3) is 0.400. The average Bonchev–Trinajstić information content (AvgIpc) is 3.19. The second kappa shape index (κ2) is 12.0. The lowest BCUT2D eigenvalue weighted by Gasteiger charge is -2.20. The predicted octanol–water partition coefficient (Wildman–Crippen LogP) is 3.82. The second-order valence-electron chi connectivity index (χ2n) is 9.00. The number of carbonyl (C=O) groups excluding carboxylic acids is 2. The van der Waals surface area contributed by atoms with Crippen molar-refractivity contribution < 1.29 is 9.59 Å². The van der Waals surface area contributed by atoms with Crippen molar-refractivity contribution in [2.45, 2.75) is 52.2 Å². The largest absolute Gasteiger partial charge is 0.352 e. The number of halogens is 1. The van der Waals surface area contributed by atoms with E-state index in [1.54, 1.807) is 7.05 Å². The summed E-state index contributed by atoms with van der Waals surface area (Å²) in [5.74, 6) is 0.787. The van der Waals surface area contributed by atoms with E-state index in [1.165, 1.54) is 0 Å². The molecule has 1 aliphatic rings. The molecule has 1 aliphatic heterocycles. The van der Waals surface area contributed by atoms with Gasteiger partial charge in [0, 0.05) is 49.9 Å². The average molecular weight is 563 g/mol. The van der Waals surface area contributed by atoms with Crippen molar-refractivity contribution in [3.63, 3.8) is 0 Å². The van der Waals surface area contributed by atoms with E-state index in [4.69, 9.17) is 0 Å². The molecule has 3 rings (SSSR count). The van der Waals surface area contributed by atoms with Crippen molar-refractivity contribution in [1.29, 1.82) is 0 Å². The molecule has 0 bridgehead atoms. The van der Waals surface area contributed by atoms with Crippen LogP contribution in [0.15, 0.2) is 53.5 Å². The Morgan fingerprint density at radius 2 is 1.70 bits per heavy atom. The van der Waals surface area contributed by atoms with Gasteiger partial charge in [0.15, 0.2) is 5.96 Å². The highest BCUT2D eigenvalue weighted by atomic mass is 127. The molecule has 0 spiro atoms. The number of hydrogen-bond donors (Lipinski definition) is 3. The molecule has 33 heavy (non-hydrogen) atoms. The molecule has 178 valence electrons. The van der Waals surface area contributed by atoms with E-state index in [0.29, 0.717) is 31.0 Å². The summed E-state index contributed by atoms with van der Waals surface area (Å²) in [6, 6.07) is 15.6. The summed E-state index contributed by atoms with van der Waals surface area (Å²) in [7, 11) is 1.73. The topological polar surface area (TPSA) is 85.8 Å². The standard InChI is InChI=1S/C25H33N5O2.HI/c1-25(2,3)29-23(32)20-8-5-7-19(15-20)17-28-24(26-4)27-16-18-10-12-21(13-11-18)30-14-6-9-22(30)31;/h5,7-8,10-13,15H,6,9,14,16-17H2,1-4H3,(H,29,32)(H2,26,27,28);1H. The summed E-state index contributed by atoms with van der Waals surface area (Å²) < 4.78 is 0. The minimum Gasteiger partial charge on any atom is -0.352 e. The first-order chi connectivity index (χ1) is 15.2. The van der Waals surface area contributed by atoms with Crippen molar-refractivity contribution in [3.05, 3.63) is 65.2 Å². The third-order valence-corrected chi connectivity index (χ3v) is 5.14. The molecule has 0 aromatic heterocycles. The molecule has 0 radical (unpaired) electrons. The van der Waals surface area contributed by atoms with Crippen LogP contribution in [0, 0.1) is 0 Å². The molecule has 1 fully saturated rings. The Morgan fingerprint density at radius 1 is 1.03 bits per heavy atom. The van der Waals surface area contributed by atoms with Crippen LogP contribution in [0.25, 0.3) is 0 Å². The SMILES string of the molecule is CN=C(NCc1ccc(N2CCCC2=O)cc1)NCc1cccc(C(=O)NC(C)(C)C)c1.I. The first-order valence-electron chi connectivity index (χ1n) is 11.0. The summed E-state index contributed by atoms with van der Waals surface area (Å²) in [6.45, 7) is 7.85. The van der Waals surface area contributed by atoms with E-state index in [2.05, 4.69) is 20.9 Å². The summed E-state index contributed by atoms with van der Waals surface area (Å²) in [6.07, 6.45) is 1.56. The first-order valence-corrected chi connectivity index (χ1v) is 11.0. The van der Waals surface area contributed by atoms with Gasteiger partial charge >= 0.3 is 0 Å². The summed E-state index contributed by atoms with van der Waals surface area (Å²) in [5.41, 5.74) is 3.41. The maximum Gasteiger partial charge on any atom is 0.251 e. The van der Waals surface area contributed by atoms with Crippen LogP contribution in [-0.2, 0) is 17.9 Å². The van der Waals surface area contributed by atoms with Crippen molar-refractivity contribution >= 4 is 47.4 Å². The Balaban J connectivity index is 0.00000385. The van der Waals surface area contributed by atoms with Gasteiger partial charge in [-0.05, 0) is 62.6 Å². The summed E-state index contributed by atoms with van der Waals surface area (Å²) in [4.78, 5) is 30.4. The highest BCUT2D eigenvalue weighted by Gasteiger charge is 2.21. The quantitative estimate of drug-likeness (QED) is 0.284. The molecule has 3 N–H and O–H groups in total. The lowest BCUT2D eigenvalue weighted by atomic mass is 10.1. The van der Waals surface area contributed by atoms with Crippen molar-refractivity contribution in [2.75, 3.05) is 18.5 Å². The smallest absolute Gasteiger partial charge is 0.251 e. The highest BCUT2D eigenvalue weighted by Crippen LogP contribution is 2.21. The summed E-state index contributed by atoms with van der Waals surface area (Å²) in [5, 5.41) is 9.57. The van der Waals surface area contributed by atoms with Crippen LogP contribution in [0.4, 0.5) is 5.69 Å². The highest BCUT2D eigenvalue weighted by molar-refractivity contribution is 14.0. The van der Waals surface area contributed by atoms with E-state index >= 15 is 0 Å². The molecule has 0 aliphatic carbocycles. The molecule has 0 saturated carbocycles. The van der Waals surface area contributed by atoms with Crippen molar-refractivity contribution in [3.8, 4) is 0 Å². The zero-order chi connectivity index (χ0) is 23.1. The van der Waals surface area contributed by atoms with Crippen LogP contribution in [0.1, 0.15) is 55.1 Å². The fourth-order valence-electron chi connectivity index (χ4n) is 3.54. The van der Waals surface area contributed by atoms with Crippen LogP contribution in [0.2, 0.25) is 0 Å². The third kappa shape index (κ3) is 8.03. The van der Waals surface area contributed by atoms with Crippen LogP contribution in [0.3, 0.4) is 0 Å². The maximum atomic E-state index is 12.4. The predicted molar refractivity (Wildman–Crippen MR) is 144 cm³/mol. The van der Waals surface area contributed by atoms with Gasteiger partial charge in [0.1, 0.15) is 0 Å². The Labute approximate surface area is 213 Å². The number of anilines is 1. The second-order valence-corrected chi connectivity index (χ2v) is 9.00. The minimum atomic E-state index is -0.278. The van der Waals surface area contributed by atoms with E-state index in [1.807, 2.05) is 74.2 Å². The van der Waals surface area contributed by atoms with Gasteiger partial charge in [-0.15, -0.1) is 24.0 Å². The number of guanidine groups is 1. The van der Waals surface area contributed by atoms with Gasteiger partial charge < -0.3 is 20.9 Å². The van der Waals surface area contributed by atoms with Gasteiger partial charge in [-0.2, -0.15) is 0 Å². The third-order valence-electron chi connectivity index (χ3n) is 5.14. The van der Waals surface area contributed by atoms with Gasteiger partial charge in [-0.3, -0.25) is 14.6 Å². The number of aliphatic imine (C=N–C) groups is 1. The van der Waals surface area contributed by atoms with Crippen LogP contribution in [0.5, 0.6) is 0 Å². The van der Waals surface area contributed by atoms with Gasteiger partial charge in [0.25, 0.3) is 5.91 Å². The molecule has 2 amide bonds. The molecule has 0 atom stereocenters. The van der Waals surface area contributed by atoms with Crippen LogP contribution >= 0.6 is 24.0 Å². The number of rotatable bonds is 6. The number of carbonyl (C=O) groups is 2. The minimum absolute atomic E-state index is 0. The maximum absolute atomic E-state index is 12.4. The molecule has 8 heteroatoms. The van der Waals surface area contributed by atoms with E-state index in [-0.39, 0.29) is 41.3 Å². The monoisotopic (exact) mass is 563 g/mol. The lowest BCUT2D eigenvalue weighted by molar-refractivity contribution is -0.117. The lowest BCUT2D eigenvalue weighted by Crippen LogP contribution is -2.40. The summed E-state index contributed by atoms with van der Waals surface area (Å²) >= 11 is 0. The first kappa shape index (κ1) is 26.6. The fourth-order valence-corrected chi connectivity index (χ4v) is 3.54. The van der Waals surface area contributed by atoms with E-state index < -0.39 is 0 Å². The Kier molecular flexibility index (Phi) is 9.70. The number of hydrogen-bond acceptors (Lipinski definition) is 3. The van der Waals surface area contributed by atoms with Crippen molar-refractivity contribution in [1.82, 2.24) is 16.0 Å². The van der Waals surface area contributed by atoms with Crippen LogP contribution in [-0.4, -0.2) is 36.9 Å². The molecule has 0 unspecified atom stereocenters. The molecule has 2 aromatic rings. The van der Waals surface area contributed by atoms with Gasteiger partial charge in [-0.25, -0.2) is 0 Å². The molecular weight excluding hydrogens is 529 g/mol. The van der Waals surface area contributed by atoms with E-state index in [9.17, 15) is 9.59 Å². The Bertz CT molecular complexity index is 983. The van der Waals surface area contributed by atoms with Gasteiger partial charge in [-0.1, -0.05) is 24.3 Å². The number of benzene rings is 2. The number of amides is 2. The molecule has 1 saturated heterocycles. The van der Waals surface area contributed by atoms with Gasteiger partial charge in [0.05, 0.1) is 0 Å². The van der Waals surface area contributed by atoms with Crippen molar-refractivity contribution in [2.24, 2.45) is 4.99 Å². The molecule has 7 nitrogen and oxygen atoms in total. The van der Waals surface area contributed by atoms with E-state index in [0.717, 1.165) is 29.8 Å². The normalized spacial score (nSPS) is 14.0.